The van der Waals surface area contributed by atoms with E-state index < -0.39 is 17.7 Å². The molecule has 0 saturated heterocycles. The molecule has 6 heteroatoms. The van der Waals surface area contributed by atoms with Gasteiger partial charge in [-0.1, -0.05) is 24.3 Å². The number of alkyl carbamates (subject to hydrolysis) is 1. The van der Waals surface area contributed by atoms with E-state index in [4.69, 9.17) is 4.74 Å². The van der Waals surface area contributed by atoms with Crippen LogP contribution in [-0.2, 0) is 4.74 Å². The lowest BCUT2D eigenvalue weighted by molar-refractivity contribution is 0.0469. The van der Waals surface area contributed by atoms with Gasteiger partial charge in [-0.25, -0.2) is 4.79 Å². The predicted octanol–water partition coefficient (Wildman–Crippen LogP) is 3.14. The molecule has 25 heavy (non-hydrogen) atoms. The van der Waals surface area contributed by atoms with E-state index >= 15 is 0 Å². The molecule has 0 fully saturated rings. The lowest BCUT2D eigenvalue weighted by Crippen LogP contribution is -2.47. The van der Waals surface area contributed by atoms with Gasteiger partial charge in [0.15, 0.2) is 0 Å². The highest BCUT2D eigenvalue weighted by molar-refractivity contribution is 6.21. The molecule has 1 N–H and O–H groups in total. The van der Waals surface area contributed by atoms with Crippen molar-refractivity contribution in [1.82, 2.24) is 10.2 Å². The Kier molecular flexibility index (Phi) is 5.62. The molecule has 134 valence electrons. The van der Waals surface area contributed by atoms with Crippen molar-refractivity contribution in [2.75, 3.05) is 6.54 Å². The standard InChI is InChI=1S/C19H24N2O4/c1-5-6-9-13(20-18(24)25-19(2,3)4)12-21-16(22)14-10-7-8-11-15(14)17(21)23/h5-8,10-11,13H,9,12H2,1-4H3,(H,20,24)/b6-5-/t13-/m0/s1. The molecule has 6 nitrogen and oxygen atoms in total. The van der Waals surface area contributed by atoms with Crippen molar-refractivity contribution in [1.29, 1.82) is 0 Å². The number of ether oxygens (including phenoxy) is 1. The van der Waals surface area contributed by atoms with E-state index in [1.54, 1.807) is 45.0 Å². The Morgan fingerprint density at radius 3 is 2.24 bits per heavy atom. The second kappa shape index (κ2) is 7.51. The number of carbonyl (C=O) groups is 3. The lowest BCUT2D eigenvalue weighted by atomic mass is 10.1. The van der Waals surface area contributed by atoms with Gasteiger partial charge in [0.05, 0.1) is 17.2 Å². The lowest BCUT2D eigenvalue weighted by Gasteiger charge is -2.25. The molecule has 0 radical (unpaired) electrons. The molecular weight excluding hydrogens is 320 g/mol. The first-order valence-corrected chi connectivity index (χ1v) is 8.29. The van der Waals surface area contributed by atoms with Gasteiger partial charge in [-0.05, 0) is 46.2 Å². The van der Waals surface area contributed by atoms with Crippen LogP contribution in [0.25, 0.3) is 0 Å². The molecule has 2 rings (SSSR count). The largest absolute Gasteiger partial charge is 0.444 e. The van der Waals surface area contributed by atoms with Crippen molar-refractivity contribution < 1.29 is 19.1 Å². The number of benzene rings is 1. The molecule has 0 aromatic heterocycles. The molecule has 1 aliphatic heterocycles. The van der Waals surface area contributed by atoms with Crippen LogP contribution in [0.3, 0.4) is 0 Å². The third-order valence-corrected chi connectivity index (χ3v) is 3.66. The summed E-state index contributed by atoms with van der Waals surface area (Å²) in [6, 6.07) is 6.30. The summed E-state index contributed by atoms with van der Waals surface area (Å²) >= 11 is 0. The van der Waals surface area contributed by atoms with Gasteiger partial charge >= 0.3 is 6.09 Å². The van der Waals surface area contributed by atoms with Crippen molar-refractivity contribution in [3.63, 3.8) is 0 Å². The van der Waals surface area contributed by atoms with Crippen LogP contribution in [0.5, 0.6) is 0 Å². The zero-order valence-corrected chi connectivity index (χ0v) is 15.0. The molecule has 1 aliphatic rings. The highest BCUT2D eigenvalue weighted by atomic mass is 16.6. The van der Waals surface area contributed by atoms with Crippen molar-refractivity contribution in [3.05, 3.63) is 47.5 Å². The van der Waals surface area contributed by atoms with Crippen LogP contribution in [0, 0.1) is 0 Å². The Morgan fingerprint density at radius 1 is 1.20 bits per heavy atom. The first-order valence-electron chi connectivity index (χ1n) is 8.29. The van der Waals surface area contributed by atoms with Crippen LogP contribution in [0.4, 0.5) is 4.79 Å². The topological polar surface area (TPSA) is 75.7 Å². The van der Waals surface area contributed by atoms with Crippen molar-refractivity contribution in [2.45, 2.75) is 45.8 Å². The second-order valence-electron chi connectivity index (χ2n) is 6.91. The summed E-state index contributed by atoms with van der Waals surface area (Å²) in [7, 11) is 0. The quantitative estimate of drug-likeness (QED) is 0.658. The maximum absolute atomic E-state index is 12.5. The fourth-order valence-electron chi connectivity index (χ4n) is 2.58. The van der Waals surface area contributed by atoms with Gasteiger partial charge in [0, 0.05) is 6.54 Å². The Hall–Kier alpha value is -2.63. The summed E-state index contributed by atoms with van der Waals surface area (Å²) in [6.07, 6.45) is 3.65. The molecule has 1 atom stereocenters. The smallest absolute Gasteiger partial charge is 0.407 e. The monoisotopic (exact) mass is 344 g/mol. The summed E-state index contributed by atoms with van der Waals surface area (Å²) in [6.45, 7) is 7.29. The molecule has 0 unspecified atom stereocenters. The number of hydrogen-bond donors (Lipinski definition) is 1. The van der Waals surface area contributed by atoms with E-state index in [0.29, 0.717) is 17.5 Å². The second-order valence-corrected chi connectivity index (χ2v) is 6.91. The minimum Gasteiger partial charge on any atom is -0.444 e. The van der Waals surface area contributed by atoms with Crippen molar-refractivity contribution in [2.24, 2.45) is 0 Å². The van der Waals surface area contributed by atoms with Crippen molar-refractivity contribution in [3.8, 4) is 0 Å². The first-order chi connectivity index (χ1) is 11.7. The van der Waals surface area contributed by atoms with E-state index in [1.807, 2.05) is 19.1 Å². The molecule has 0 aliphatic carbocycles. The minimum atomic E-state index is -0.620. The zero-order valence-electron chi connectivity index (χ0n) is 15.0. The van der Waals surface area contributed by atoms with Crippen LogP contribution in [0.15, 0.2) is 36.4 Å². The summed E-state index contributed by atoms with van der Waals surface area (Å²) in [5, 5.41) is 2.74. The summed E-state index contributed by atoms with van der Waals surface area (Å²) < 4.78 is 5.27. The number of amides is 3. The molecule has 1 aromatic carbocycles. The number of fused-ring (bicyclic) bond motifs is 1. The number of allylic oxidation sites excluding steroid dienone is 1. The van der Waals surface area contributed by atoms with E-state index in [2.05, 4.69) is 5.32 Å². The number of imide groups is 1. The van der Waals surface area contributed by atoms with E-state index in [-0.39, 0.29) is 18.4 Å². The van der Waals surface area contributed by atoms with Gasteiger partial charge in [0.1, 0.15) is 5.60 Å². The summed E-state index contributed by atoms with van der Waals surface area (Å²) in [5.41, 5.74) is 0.175. The maximum atomic E-state index is 12.5. The SMILES string of the molecule is C/C=C\C[C@@H](CN1C(=O)c2ccccc2C1=O)NC(=O)OC(C)(C)C. The average molecular weight is 344 g/mol. The molecule has 0 spiro atoms. The molecule has 1 heterocycles. The van der Waals surface area contributed by atoms with Gasteiger partial charge in [0.25, 0.3) is 11.8 Å². The maximum Gasteiger partial charge on any atom is 0.407 e. The summed E-state index contributed by atoms with van der Waals surface area (Å²) in [4.78, 5) is 38.2. The van der Waals surface area contributed by atoms with Gasteiger partial charge in [-0.2, -0.15) is 0 Å². The highest BCUT2D eigenvalue weighted by Crippen LogP contribution is 2.23. The van der Waals surface area contributed by atoms with Crippen molar-refractivity contribution >= 4 is 17.9 Å². The molecule has 0 saturated carbocycles. The molecule has 3 amide bonds. The minimum absolute atomic E-state index is 0.0932. The number of nitrogens with zero attached hydrogens (tertiary/aromatic N) is 1. The fraction of sp³-hybridized carbons (Fsp3) is 0.421. The van der Waals surface area contributed by atoms with Crippen LogP contribution in [0.1, 0.15) is 54.8 Å². The van der Waals surface area contributed by atoms with Crippen LogP contribution in [-0.4, -0.2) is 41.0 Å². The Morgan fingerprint density at radius 2 is 1.76 bits per heavy atom. The van der Waals surface area contributed by atoms with E-state index in [0.717, 1.165) is 0 Å². The number of carbonyl (C=O) groups excluding carboxylic acids is 3. The van der Waals surface area contributed by atoms with Crippen LogP contribution in [0.2, 0.25) is 0 Å². The third kappa shape index (κ3) is 4.68. The van der Waals surface area contributed by atoms with Gasteiger partial charge < -0.3 is 10.1 Å². The van der Waals surface area contributed by atoms with Gasteiger partial charge in [0.2, 0.25) is 0 Å². The van der Waals surface area contributed by atoms with Crippen LogP contribution < -0.4 is 5.32 Å². The Labute approximate surface area is 147 Å². The Bertz CT molecular complexity index is 669. The number of hydrogen-bond acceptors (Lipinski definition) is 4. The Balaban J connectivity index is 2.11. The normalized spacial score (nSPS) is 15.4. The van der Waals surface area contributed by atoms with E-state index in [9.17, 15) is 14.4 Å². The molecule has 1 aromatic rings. The molecule has 0 bridgehead atoms. The number of nitrogens with one attached hydrogen (secondary N) is 1. The van der Waals surface area contributed by atoms with Gasteiger partial charge in [-0.15, -0.1) is 0 Å². The molecular formula is C19H24N2O4. The number of rotatable bonds is 5. The highest BCUT2D eigenvalue weighted by Gasteiger charge is 2.36. The average Bonchev–Trinajstić information content (AvgIpc) is 2.76. The zero-order chi connectivity index (χ0) is 18.6. The summed E-state index contributed by atoms with van der Waals surface area (Å²) in [5.74, 6) is -0.672. The third-order valence-electron chi connectivity index (χ3n) is 3.66. The predicted molar refractivity (Wildman–Crippen MR) is 94.4 cm³/mol. The van der Waals surface area contributed by atoms with Crippen LogP contribution >= 0.6 is 0 Å². The van der Waals surface area contributed by atoms with Gasteiger partial charge in [-0.3, -0.25) is 14.5 Å². The van der Waals surface area contributed by atoms with E-state index in [1.165, 1.54) is 4.90 Å². The fourth-order valence-corrected chi connectivity index (χ4v) is 2.58. The first kappa shape index (κ1) is 18.7.